The summed E-state index contributed by atoms with van der Waals surface area (Å²) in [6.45, 7) is 2.98. The maximum Gasteiger partial charge on any atom is 0.205 e. The molecule has 7 heteroatoms. The first-order chi connectivity index (χ1) is 9.19. The number of anilines is 1. The molecule has 0 atom stereocenters. The van der Waals surface area contributed by atoms with E-state index in [4.69, 9.17) is 4.74 Å². The summed E-state index contributed by atoms with van der Waals surface area (Å²) in [5.41, 5.74) is 0. The molecule has 0 saturated heterocycles. The van der Waals surface area contributed by atoms with E-state index in [1.54, 1.807) is 0 Å². The molecule has 2 rings (SSSR count). The third-order valence-corrected chi connectivity index (χ3v) is 3.09. The second-order valence-electron chi connectivity index (χ2n) is 3.79. The molecule has 0 aliphatic rings. The third-order valence-electron chi connectivity index (χ3n) is 2.24. The molecule has 1 N–H and O–H groups in total. The average molecular weight is 285 g/mol. The predicted octanol–water partition coefficient (Wildman–Crippen LogP) is 3.22. The predicted molar refractivity (Wildman–Crippen MR) is 69.4 cm³/mol. The lowest BCUT2D eigenvalue weighted by Crippen LogP contribution is -1.98. The summed E-state index contributed by atoms with van der Waals surface area (Å²) in [6.07, 6.45) is 0.992. The molecule has 0 amide bonds. The van der Waals surface area contributed by atoms with Gasteiger partial charge in [0.2, 0.25) is 5.13 Å². The van der Waals surface area contributed by atoms with E-state index in [0.717, 1.165) is 25.1 Å². The normalized spacial score (nSPS) is 10.5. The van der Waals surface area contributed by atoms with E-state index in [0.29, 0.717) is 10.1 Å². The second-order valence-corrected chi connectivity index (χ2v) is 4.85. The molecule has 4 nitrogen and oxygen atoms in total. The van der Waals surface area contributed by atoms with E-state index >= 15 is 0 Å². The van der Waals surface area contributed by atoms with Gasteiger partial charge in [-0.25, -0.2) is 8.78 Å². The molecule has 1 aromatic carbocycles. The molecule has 0 spiro atoms. The van der Waals surface area contributed by atoms with Gasteiger partial charge in [0.15, 0.2) is 16.6 Å². The van der Waals surface area contributed by atoms with E-state index in [9.17, 15) is 8.78 Å². The lowest BCUT2D eigenvalue weighted by molar-refractivity contribution is 0.288. The van der Waals surface area contributed by atoms with Crippen LogP contribution in [-0.2, 0) is 6.61 Å². The van der Waals surface area contributed by atoms with Gasteiger partial charge in [-0.1, -0.05) is 18.3 Å². The molecule has 0 unspecified atom stereocenters. The van der Waals surface area contributed by atoms with Crippen molar-refractivity contribution in [3.63, 3.8) is 0 Å². The van der Waals surface area contributed by atoms with Gasteiger partial charge in [-0.2, -0.15) is 0 Å². The van der Waals surface area contributed by atoms with Crippen LogP contribution in [0.2, 0.25) is 0 Å². The highest BCUT2D eigenvalue weighted by atomic mass is 32.1. The van der Waals surface area contributed by atoms with E-state index in [1.165, 1.54) is 17.4 Å². The fraction of sp³-hybridized carbons (Fsp3) is 0.333. The number of ether oxygens (including phenoxy) is 1. The number of nitrogens with one attached hydrogen (secondary N) is 1. The van der Waals surface area contributed by atoms with Gasteiger partial charge in [-0.05, 0) is 18.6 Å². The van der Waals surface area contributed by atoms with Crippen LogP contribution in [0.5, 0.6) is 5.75 Å². The summed E-state index contributed by atoms with van der Waals surface area (Å²) in [4.78, 5) is 0. The Balaban J connectivity index is 1.92. The van der Waals surface area contributed by atoms with Gasteiger partial charge in [0.05, 0.1) is 0 Å². The Bertz CT molecular complexity index is 548. The second kappa shape index (κ2) is 6.42. The van der Waals surface area contributed by atoms with Crippen LogP contribution in [0, 0.1) is 11.6 Å². The summed E-state index contributed by atoms with van der Waals surface area (Å²) in [5.74, 6) is -1.36. The van der Waals surface area contributed by atoms with Gasteiger partial charge in [-0.3, -0.25) is 0 Å². The lowest BCUT2D eigenvalue weighted by atomic mass is 10.3. The number of nitrogens with zero attached hydrogens (tertiary/aromatic N) is 2. The molecule has 19 heavy (non-hydrogen) atoms. The maximum absolute atomic E-state index is 13.3. The van der Waals surface area contributed by atoms with Gasteiger partial charge in [0.1, 0.15) is 12.4 Å². The van der Waals surface area contributed by atoms with Crippen molar-refractivity contribution in [3.05, 3.63) is 34.8 Å². The Morgan fingerprint density at radius 1 is 1.32 bits per heavy atom. The van der Waals surface area contributed by atoms with Crippen molar-refractivity contribution in [2.75, 3.05) is 11.9 Å². The van der Waals surface area contributed by atoms with Crippen LogP contribution >= 0.6 is 11.3 Å². The number of benzene rings is 1. The molecule has 2 aromatic rings. The lowest BCUT2D eigenvalue weighted by Gasteiger charge is -2.04. The molecular weight excluding hydrogens is 272 g/mol. The van der Waals surface area contributed by atoms with E-state index in [2.05, 4.69) is 22.4 Å². The average Bonchev–Trinajstić information content (AvgIpc) is 2.83. The fourth-order valence-electron chi connectivity index (χ4n) is 1.35. The molecule has 0 aliphatic carbocycles. The van der Waals surface area contributed by atoms with Crippen molar-refractivity contribution in [3.8, 4) is 5.75 Å². The van der Waals surface area contributed by atoms with Crippen molar-refractivity contribution in [1.29, 1.82) is 0 Å². The van der Waals surface area contributed by atoms with Crippen molar-refractivity contribution < 1.29 is 13.5 Å². The summed E-state index contributed by atoms with van der Waals surface area (Å²) >= 11 is 1.35. The van der Waals surface area contributed by atoms with Crippen LogP contribution < -0.4 is 10.1 Å². The van der Waals surface area contributed by atoms with Crippen molar-refractivity contribution in [2.45, 2.75) is 20.0 Å². The maximum atomic E-state index is 13.3. The highest BCUT2D eigenvalue weighted by Gasteiger charge is 2.08. The highest BCUT2D eigenvalue weighted by Crippen LogP contribution is 2.21. The smallest absolute Gasteiger partial charge is 0.205 e. The summed E-state index contributed by atoms with van der Waals surface area (Å²) in [5, 5.41) is 12.3. The summed E-state index contributed by atoms with van der Waals surface area (Å²) < 4.78 is 31.3. The van der Waals surface area contributed by atoms with E-state index in [-0.39, 0.29) is 12.4 Å². The first-order valence-electron chi connectivity index (χ1n) is 5.83. The molecule has 0 aliphatic heterocycles. The van der Waals surface area contributed by atoms with Crippen LogP contribution in [0.25, 0.3) is 0 Å². The quantitative estimate of drug-likeness (QED) is 0.885. The Hall–Kier alpha value is -1.76. The van der Waals surface area contributed by atoms with Crippen LogP contribution in [0.3, 0.4) is 0 Å². The van der Waals surface area contributed by atoms with Gasteiger partial charge < -0.3 is 10.1 Å². The van der Waals surface area contributed by atoms with Crippen molar-refractivity contribution in [1.82, 2.24) is 10.2 Å². The molecule has 102 valence electrons. The first kappa shape index (κ1) is 13.7. The van der Waals surface area contributed by atoms with Gasteiger partial charge >= 0.3 is 0 Å². The molecule has 0 bridgehead atoms. The molecular formula is C12H13F2N3OS. The molecule has 0 fully saturated rings. The van der Waals surface area contributed by atoms with Crippen LogP contribution in [0.4, 0.5) is 13.9 Å². The van der Waals surface area contributed by atoms with Gasteiger partial charge in [-0.15, -0.1) is 10.2 Å². The minimum absolute atomic E-state index is 0.000308. The first-order valence-corrected chi connectivity index (χ1v) is 6.64. The zero-order valence-corrected chi connectivity index (χ0v) is 11.1. The zero-order chi connectivity index (χ0) is 13.7. The van der Waals surface area contributed by atoms with E-state index < -0.39 is 11.6 Å². The monoisotopic (exact) mass is 285 g/mol. The minimum atomic E-state index is -0.728. The number of hydrogen-bond acceptors (Lipinski definition) is 5. The molecule has 1 heterocycles. The Labute approximate surface area is 113 Å². The summed E-state index contributed by atoms with van der Waals surface area (Å²) in [7, 11) is 0. The molecule has 1 aromatic heterocycles. The number of hydrogen-bond donors (Lipinski definition) is 1. The molecule has 0 radical (unpaired) electrons. The Kier molecular flexibility index (Phi) is 4.62. The van der Waals surface area contributed by atoms with Crippen LogP contribution in [0.1, 0.15) is 18.4 Å². The Morgan fingerprint density at radius 3 is 2.89 bits per heavy atom. The zero-order valence-electron chi connectivity index (χ0n) is 10.3. The topological polar surface area (TPSA) is 47.0 Å². The largest absolute Gasteiger partial charge is 0.483 e. The van der Waals surface area contributed by atoms with Crippen LogP contribution in [0.15, 0.2) is 18.2 Å². The van der Waals surface area contributed by atoms with Gasteiger partial charge in [0, 0.05) is 12.6 Å². The Morgan fingerprint density at radius 2 is 2.16 bits per heavy atom. The van der Waals surface area contributed by atoms with Gasteiger partial charge in [0.25, 0.3) is 0 Å². The summed E-state index contributed by atoms with van der Waals surface area (Å²) in [6, 6.07) is 3.18. The number of halogens is 2. The van der Waals surface area contributed by atoms with Crippen molar-refractivity contribution >= 4 is 16.5 Å². The SMILES string of the molecule is CCCNc1nnc(COc2ccc(F)cc2F)s1. The highest BCUT2D eigenvalue weighted by molar-refractivity contribution is 7.15. The van der Waals surface area contributed by atoms with Crippen molar-refractivity contribution in [2.24, 2.45) is 0 Å². The molecule has 0 saturated carbocycles. The standard InChI is InChI=1S/C12H13F2N3OS/c1-2-5-15-12-17-16-11(19-12)7-18-10-4-3-8(13)6-9(10)14/h3-4,6H,2,5,7H2,1H3,(H,15,17). The number of aromatic nitrogens is 2. The number of rotatable bonds is 6. The van der Waals surface area contributed by atoms with Crippen LogP contribution in [-0.4, -0.2) is 16.7 Å². The minimum Gasteiger partial charge on any atom is -0.483 e. The fourth-order valence-corrected chi connectivity index (χ4v) is 2.03. The third kappa shape index (κ3) is 3.85. The van der Waals surface area contributed by atoms with E-state index in [1.807, 2.05) is 0 Å².